The van der Waals surface area contributed by atoms with Crippen molar-refractivity contribution >= 4 is 37.0 Å². The van der Waals surface area contributed by atoms with E-state index in [1.165, 1.54) is 0 Å². The molecule has 0 atom stereocenters. The molecule has 0 saturated carbocycles. The zero-order valence-electron chi connectivity index (χ0n) is 4.50. The summed E-state index contributed by atoms with van der Waals surface area (Å²) >= 11 is 0. The van der Waals surface area contributed by atoms with Gasteiger partial charge in [0, 0.05) is 0 Å². The molecular weight excluding hydrogens is 74.2 g/mol. The van der Waals surface area contributed by atoms with Gasteiger partial charge in [0.25, 0.3) is 0 Å². The number of hydrogen-bond donors (Lipinski definition) is 0. The number of hydrogen-bond acceptors (Lipinski definition) is 0. The molecule has 26 valence electrons. The van der Waals surface area contributed by atoms with Crippen LogP contribution in [0.3, 0.4) is 0 Å². The molecule has 0 amide bonds. The van der Waals surface area contributed by atoms with Gasteiger partial charge in [-0.05, 0) is 0 Å². The summed E-state index contributed by atoms with van der Waals surface area (Å²) in [6.07, 6.45) is 0. The molecule has 0 aromatic rings. The summed E-state index contributed by atoms with van der Waals surface area (Å²) < 4.78 is 0. The van der Waals surface area contributed by atoms with Gasteiger partial charge in [0.15, 0.2) is 0 Å². The molecular formula is H9B4P. The van der Waals surface area contributed by atoms with E-state index in [1.54, 1.807) is 0 Å². The zero-order valence-corrected chi connectivity index (χ0v) is 5.50. The maximum atomic E-state index is 2.33. The minimum absolute atomic E-state index is 0.611. The van der Waals surface area contributed by atoms with Crippen molar-refractivity contribution in [2.24, 2.45) is 0 Å². The predicted octanol–water partition coefficient (Wildman–Crippen LogP) is -3.07. The monoisotopic (exact) mass is 84.1 g/mol. The van der Waals surface area contributed by atoms with E-state index in [9.17, 15) is 0 Å². The fourth-order valence-electron chi connectivity index (χ4n) is 0. The Kier molecular flexibility index (Phi) is 1.62. The van der Waals surface area contributed by atoms with E-state index in [-0.39, 0.29) is 0 Å². The van der Waals surface area contributed by atoms with E-state index >= 15 is 0 Å². The Hall–Kier alpha value is 0.690. The second-order valence-electron chi connectivity index (χ2n) is 3.00. The predicted molar refractivity (Wildman–Crippen MR) is 42.5 cm³/mol. The van der Waals surface area contributed by atoms with Gasteiger partial charge in [0.1, 0.15) is 0 Å². The van der Waals surface area contributed by atoms with Crippen molar-refractivity contribution in [1.29, 1.82) is 0 Å². The van der Waals surface area contributed by atoms with Gasteiger partial charge in [-0.3, -0.25) is 0 Å². The molecule has 0 aliphatic heterocycles. The third kappa shape index (κ3) is 71.3. The fourth-order valence-corrected chi connectivity index (χ4v) is 0. The molecule has 0 saturated heterocycles. The van der Waals surface area contributed by atoms with E-state index in [2.05, 4.69) is 30.3 Å². The third-order valence-electron chi connectivity index (χ3n) is 0. The molecule has 5 heavy (non-hydrogen) atoms. The molecule has 0 nitrogen and oxygen atoms in total. The molecule has 0 fully saturated rings. The van der Waals surface area contributed by atoms with Crippen LogP contribution in [0.1, 0.15) is 0 Å². The summed E-state index contributed by atoms with van der Waals surface area (Å²) in [7, 11) is 9.31. The summed E-state index contributed by atoms with van der Waals surface area (Å²) in [5.41, 5.74) is 0. The van der Waals surface area contributed by atoms with Crippen LogP contribution in [0, 0.1) is 0 Å². The summed E-state index contributed by atoms with van der Waals surface area (Å²) in [6, 6.07) is 0. The summed E-state index contributed by atoms with van der Waals surface area (Å²) in [5.74, 6) is 0. The second-order valence-corrected chi connectivity index (χ2v) is 9.00. The van der Waals surface area contributed by atoms with Crippen LogP contribution in [-0.4, -0.2) is 30.3 Å². The van der Waals surface area contributed by atoms with Gasteiger partial charge in [-0.15, -0.1) is 0 Å². The zero-order chi connectivity index (χ0) is 4.50. The second kappa shape index (κ2) is 1.43. The van der Waals surface area contributed by atoms with Crippen LogP contribution in [0.15, 0.2) is 0 Å². The van der Waals surface area contributed by atoms with E-state index in [1.807, 2.05) is 0 Å². The summed E-state index contributed by atoms with van der Waals surface area (Å²) in [6.45, 7) is -0.611. The average molecular weight is 83.3 g/mol. The quantitative estimate of drug-likeness (QED) is 0.215. The van der Waals surface area contributed by atoms with Crippen LogP contribution in [0.2, 0.25) is 0 Å². The van der Waals surface area contributed by atoms with Crippen molar-refractivity contribution in [2.45, 2.75) is 0 Å². The fraction of sp³-hybridized carbons (Fsp3) is 0. The third-order valence-corrected chi connectivity index (χ3v) is 0. The van der Waals surface area contributed by atoms with Gasteiger partial charge in [0.05, 0.1) is 0 Å². The molecule has 0 rings (SSSR count). The van der Waals surface area contributed by atoms with Crippen molar-refractivity contribution in [2.75, 3.05) is 0 Å². The first kappa shape index (κ1) is 5.69. The van der Waals surface area contributed by atoms with Crippen LogP contribution < -0.4 is 0 Å². The first-order valence-corrected chi connectivity index (χ1v) is 6.00. The molecule has 0 unspecified atom stereocenters. The van der Waals surface area contributed by atoms with Crippen LogP contribution in [-0.2, 0) is 0 Å². The Bertz CT molecular complexity index is 19.1. The van der Waals surface area contributed by atoms with Gasteiger partial charge in [-0.1, -0.05) is 0 Å². The van der Waals surface area contributed by atoms with E-state index in [4.69, 9.17) is 0 Å². The SMILES string of the molecule is B[PH](B)(B)B. The van der Waals surface area contributed by atoms with Gasteiger partial charge >= 0.3 is 37.0 Å². The molecule has 5 heteroatoms. The Labute approximate surface area is 37.9 Å². The van der Waals surface area contributed by atoms with Crippen molar-refractivity contribution in [1.82, 2.24) is 0 Å². The molecule has 0 aromatic carbocycles. The van der Waals surface area contributed by atoms with Crippen molar-refractivity contribution in [3.63, 3.8) is 0 Å². The van der Waals surface area contributed by atoms with Gasteiger partial charge in [-0.2, -0.15) is 0 Å². The summed E-state index contributed by atoms with van der Waals surface area (Å²) in [5, 5.41) is 0. The van der Waals surface area contributed by atoms with Crippen molar-refractivity contribution < 1.29 is 0 Å². The molecule has 0 bridgehead atoms. The van der Waals surface area contributed by atoms with E-state index in [0.29, 0.717) is 0 Å². The Balaban J connectivity index is 3.02. The molecule has 0 aromatic heterocycles. The molecule has 0 spiro atoms. The first-order chi connectivity index (χ1) is 2.00. The van der Waals surface area contributed by atoms with E-state index < -0.39 is 6.78 Å². The van der Waals surface area contributed by atoms with Gasteiger partial charge in [-0.25, -0.2) is 0 Å². The van der Waals surface area contributed by atoms with E-state index in [0.717, 1.165) is 0 Å². The Morgan fingerprint density at radius 2 is 0.800 bits per heavy atom. The molecule has 0 aliphatic rings. The van der Waals surface area contributed by atoms with Crippen molar-refractivity contribution in [3.05, 3.63) is 0 Å². The van der Waals surface area contributed by atoms with Crippen LogP contribution >= 0.6 is 6.78 Å². The topological polar surface area (TPSA) is 0 Å². The van der Waals surface area contributed by atoms with Crippen LogP contribution in [0.5, 0.6) is 0 Å². The van der Waals surface area contributed by atoms with Crippen LogP contribution in [0.25, 0.3) is 0 Å². The Morgan fingerprint density at radius 1 is 0.800 bits per heavy atom. The molecule has 0 radical (unpaired) electrons. The first-order valence-electron chi connectivity index (χ1n) is 2.00. The standard InChI is InChI=1S/B4H9P/c1-5(2,3)4/h5H,1-4H2. The van der Waals surface area contributed by atoms with Gasteiger partial charge < -0.3 is 0 Å². The Morgan fingerprint density at radius 3 is 0.800 bits per heavy atom. The van der Waals surface area contributed by atoms with Gasteiger partial charge in [0.2, 0.25) is 0 Å². The maximum absolute atomic E-state index is 2.33. The summed E-state index contributed by atoms with van der Waals surface area (Å²) in [4.78, 5) is 0. The molecule has 0 N–H and O–H groups in total. The average Bonchev–Trinajstić information content (AvgIpc) is 0.722. The molecule has 0 aliphatic carbocycles. The normalized spacial score (nSPS) is 14.4. The number of rotatable bonds is 0. The van der Waals surface area contributed by atoms with Crippen LogP contribution in [0.4, 0.5) is 0 Å². The molecule has 0 heterocycles. The minimum atomic E-state index is -0.611. The van der Waals surface area contributed by atoms with Crippen molar-refractivity contribution in [3.8, 4) is 0 Å².